The van der Waals surface area contributed by atoms with Crippen molar-refractivity contribution in [3.8, 4) is 16.5 Å². The smallest absolute Gasteiger partial charge is 0.275 e. The van der Waals surface area contributed by atoms with Crippen LogP contribution in [0.1, 0.15) is 17.4 Å². The Morgan fingerprint density at radius 2 is 1.94 bits per heavy atom. The molecule has 1 aliphatic heterocycles. The summed E-state index contributed by atoms with van der Waals surface area (Å²) in [7, 11) is 0. The summed E-state index contributed by atoms with van der Waals surface area (Å²) in [4.78, 5) is 36.2. The van der Waals surface area contributed by atoms with E-state index in [1.54, 1.807) is 19.1 Å². The molecule has 0 atom stereocenters. The molecule has 5 rings (SSSR count). The van der Waals surface area contributed by atoms with Crippen molar-refractivity contribution >= 4 is 62.9 Å². The van der Waals surface area contributed by atoms with Gasteiger partial charge in [-0.3, -0.25) is 14.9 Å². The molecule has 0 fully saturated rings. The van der Waals surface area contributed by atoms with Crippen LogP contribution in [-0.2, 0) is 16.0 Å². The van der Waals surface area contributed by atoms with E-state index in [4.69, 9.17) is 4.98 Å². The van der Waals surface area contributed by atoms with Gasteiger partial charge < -0.3 is 10.4 Å². The number of amides is 2. The number of phenols is 1. The molecular formula is C22H17ClN4O3S2. The van der Waals surface area contributed by atoms with E-state index in [1.807, 2.05) is 35.7 Å². The highest BCUT2D eigenvalue weighted by Gasteiger charge is 2.28. The number of nitrogens with one attached hydrogen (secondary N) is 2. The molecule has 0 unspecified atom stereocenters. The monoisotopic (exact) mass is 484 g/mol. The summed E-state index contributed by atoms with van der Waals surface area (Å²) in [6, 6.07) is 13.0. The number of halogens is 1. The van der Waals surface area contributed by atoms with E-state index >= 15 is 0 Å². The van der Waals surface area contributed by atoms with E-state index in [2.05, 4.69) is 15.6 Å². The zero-order valence-electron chi connectivity index (χ0n) is 16.7. The minimum absolute atomic E-state index is 0. The van der Waals surface area contributed by atoms with Crippen molar-refractivity contribution in [1.82, 2.24) is 15.3 Å². The van der Waals surface area contributed by atoms with Crippen molar-refractivity contribution in [1.29, 1.82) is 0 Å². The Morgan fingerprint density at radius 1 is 1.09 bits per heavy atom. The van der Waals surface area contributed by atoms with Crippen molar-refractivity contribution in [3.05, 3.63) is 69.6 Å². The number of fused-ring (bicyclic) bond motifs is 1. The fraction of sp³-hybridized carbons (Fsp3) is 0.0909. The third-order valence-corrected chi connectivity index (χ3v) is 6.78. The van der Waals surface area contributed by atoms with Gasteiger partial charge >= 0.3 is 0 Å². The molecule has 1 aliphatic rings. The predicted molar refractivity (Wildman–Crippen MR) is 128 cm³/mol. The number of phenolic OH excluding ortho intramolecular Hbond substituents is 1. The summed E-state index contributed by atoms with van der Waals surface area (Å²) in [6.45, 7) is 1.60. The highest BCUT2D eigenvalue weighted by Crippen LogP contribution is 2.34. The van der Waals surface area contributed by atoms with Crippen molar-refractivity contribution in [2.45, 2.75) is 13.3 Å². The van der Waals surface area contributed by atoms with E-state index < -0.39 is 11.8 Å². The first-order chi connectivity index (χ1) is 15.0. The van der Waals surface area contributed by atoms with Gasteiger partial charge in [0.1, 0.15) is 22.1 Å². The molecule has 0 saturated heterocycles. The minimum Gasteiger partial charge on any atom is -0.508 e. The van der Waals surface area contributed by atoms with E-state index in [9.17, 15) is 14.7 Å². The third kappa shape index (κ3) is 4.10. The van der Waals surface area contributed by atoms with Crippen molar-refractivity contribution < 1.29 is 14.7 Å². The number of benzene rings is 1. The van der Waals surface area contributed by atoms with Crippen LogP contribution in [0.15, 0.2) is 59.1 Å². The summed E-state index contributed by atoms with van der Waals surface area (Å²) >= 11 is 3.06. The van der Waals surface area contributed by atoms with Gasteiger partial charge in [0.25, 0.3) is 11.8 Å². The molecule has 4 aromatic rings. The fourth-order valence-electron chi connectivity index (χ4n) is 3.35. The largest absolute Gasteiger partial charge is 0.508 e. The lowest BCUT2D eigenvalue weighted by Gasteiger charge is -2.08. The highest BCUT2D eigenvalue weighted by molar-refractivity contribution is 7.18. The van der Waals surface area contributed by atoms with Gasteiger partial charge in [0, 0.05) is 16.9 Å². The molecule has 3 aromatic heterocycles. The van der Waals surface area contributed by atoms with Crippen LogP contribution in [0, 0.1) is 0 Å². The van der Waals surface area contributed by atoms with Gasteiger partial charge in [0.05, 0.1) is 10.3 Å². The topological polar surface area (TPSA) is 104 Å². The van der Waals surface area contributed by atoms with Crippen LogP contribution in [0.5, 0.6) is 5.75 Å². The van der Waals surface area contributed by atoms with Gasteiger partial charge in [-0.25, -0.2) is 9.97 Å². The van der Waals surface area contributed by atoms with Crippen molar-refractivity contribution in [2.24, 2.45) is 0 Å². The molecular weight excluding hydrogens is 468 g/mol. The van der Waals surface area contributed by atoms with Crippen molar-refractivity contribution in [2.75, 3.05) is 5.32 Å². The molecule has 0 bridgehead atoms. The average molecular weight is 485 g/mol. The molecule has 3 N–H and O–H groups in total. The number of aromatic hydroxyl groups is 1. The van der Waals surface area contributed by atoms with Gasteiger partial charge in [-0.15, -0.1) is 35.1 Å². The first-order valence-electron chi connectivity index (χ1n) is 9.44. The molecule has 2 amide bonds. The lowest BCUT2D eigenvalue weighted by molar-refractivity contribution is -0.124. The summed E-state index contributed by atoms with van der Waals surface area (Å²) in [5, 5.41) is 17.8. The number of nitrogens with zero attached hydrogens (tertiary/aromatic N) is 2. The van der Waals surface area contributed by atoms with Crippen LogP contribution in [0.25, 0.3) is 20.9 Å². The second-order valence-electron chi connectivity index (χ2n) is 7.06. The van der Waals surface area contributed by atoms with Crippen LogP contribution >= 0.6 is 35.1 Å². The van der Waals surface area contributed by atoms with E-state index in [-0.39, 0.29) is 23.9 Å². The number of thiophene rings is 2. The van der Waals surface area contributed by atoms with Gasteiger partial charge in [0.2, 0.25) is 0 Å². The molecule has 4 heterocycles. The second kappa shape index (κ2) is 8.70. The Labute approximate surface area is 197 Å². The van der Waals surface area contributed by atoms with Crippen LogP contribution < -0.4 is 10.6 Å². The highest BCUT2D eigenvalue weighted by atomic mass is 35.5. The lowest BCUT2D eigenvalue weighted by Crippen LogP contribution is -2.24. The van der Waals surface area contributed by atoms with Gasteiger partial charge in [0.15, 0.2) is 5.82 Å². The average Bonchev–Trinajstić information content (AvgIpc) is 3.45. The van der Waals surface area contributed by atoms with Crippen molar-refractivity contribution in [3.63, 3.8) is 0 Å². The minimum atomic E-state index is -0.470. The quantitative estimate of drug-likeness (QED) is 0.361. The Kier molecular flexibility index (Phi) is 5.96. The molecule has 0 aliphatic carbocycles. The maximum atomic E-state index is 12.2. The Bertz CT molecular complexity index is 1380. The zero-order valence-corrected chi connectivity index (χ0v) is 19.2. The summed E-state index contributed by atoms with van der Waals surface area (Å²) in [6.07, 6.45) is 0.629. The Morgan fingerprint density at radius 3 is 2.62 bits per heavy atom. The maximum Gasteiger partial charge on any atom is 0.275 e. The van der Waals surface area contributed by atoms with Crippen LogP contribution in [-0.4, -0.2) is 26.9 Å². The molecule has 7 nitrogen and oxygen atoms in total. The maximum absolute atomic E-state index is 12.2. The second-order valence-corrected chi connectivity index (χ2v) is 9.12. The normalized spacial score (nSPS) is 13.4. The predicted octanol–water partition coefficient (Wildman–Crippen LogP) is 4.48. The number of carbonyl (C=O) groups is 2. The first-order valence-corrected chi connectivity index (χ1v) is 11.1. The van der Waals surface area contributed by atoms with Crippen LogP contribution in [0.2, 0.25) is 0 Å². The van der Waals surface area contributed by atoms with Gasteiger partial charge in [-0.05, 0) is 42.1 Å². The zero-order chi connectivity index (χ0) is 21.5. The molecule has 0 spiro atoms. The number of hydrogen-bond donors (Lipinski definition) is 3. The first kappa shape index (κ1) is 21.9. The lowest BCUT2D eigenvalue weighted by atomic mass is 10.1. The van der Waals surface area contributed by atoms with Crippen LogP contribution in [0.4, 0.5) is 5.82 Å². The van der Waals surface area contributed by atoms with E-state index in [0.717, 1.165) is 25.5 Å². The van der Waals surface area contributed by atoms with Gasteiger partial charge in [-0.1, -0.05) is 18.2 Å². The SMILES string of the molecule is CC1=C(Nc2nc(-c3cccs3)nc3sc(Cc4cccc(O)c4)cc23)C(=O)NC1=O.Cl. The molecule has 0 radical (unpaired) electrons. The Hall–Kier alpha value is -3.27. The van der Waals surface area contributed by atoms with Crippen LogP contribution in [0.3, 0.4) is 0 Å². The van der Waals surface area contributed by atoms with Gasteiger partial charge in [-0.2, -0.15) is 0 Å². The number of imide groups is 1. The number of anilines is 1. The number of carbonyl (C=O) groups excluding carboxylic acids is 2. The summed E-state index contributed by atoms with van der Waals surface area (Å²) in [5.74, 6) is 0.373. The molecule has 162 valence electrons. The molecule has 32 heavy (non-hydrogen) atoms. The van der Waals surface area contributed by atoms with E-state index in [0.29, 0.717) is 23.6 Å². The standard InChI is InChI=1S/C22H16N4O3S2.ClH/c1-11-17(21(29)26-20(11)28)23-18-15-10-14(9-12-4-2-5-13(27)8-12)31-22(15)25-19(24-18)16-6-3-7-30-16;/h2-8,10,27H,9H2,1H3,(H2,23,24,25,26,28,29);1H. The third-order valence-electron chi connectivity index (χ3n) is 4.89. The fourth-order valence-corrected chi connectivity index (χ4v) is 5.07. The molecule has 1 aromatic carbocycles. The summed E-state index contributed by atoms with van der Waals surface area (Å²) in [5.41, 5.74) is 1.50. The number of aromatic nitrogens is 2. The van der Waals surface area contributed by atoms with E-state index in [1.165, 1.54) is 22.7 Å². The molecule has 0 saturated carbocycles. The molecule has 10 heteroatoms. The number of rotatable bonds is 5. The summed E-state index contributed by atoms with van der Waals surface area (Å²) < 4.78 is 0. The Balaban J connectivity index is 0.00000245. The number of hydrogen-bond acceptors (Lipinski definition) is 8.